The molecular weight excluding hydrogens is 304 g/mol. The van der Waals surface area contributed by atoms with Crippen LogP contribution in [0.4, 0.5) is 0 Å². The van der Waals surface area contributed by atoms with Crippen molar-refractivity contribution in [1.82, 2.24) is 10.4 Å². The number of amides is 1. The van der Waals surface area contributed by atoms with Gasteiger partial charge in [0, 0.05) is 6.20 Å². The second-order valence-electron chi connectivity index (χ2n) is 4.03. The van der Waals surface area contributed by atoms with Crippen molar-refractivity contribution in [2.24, 2.45) is 5.11 Å². The number of rotatable bonds is 6. The normalized spacial score (nSPS) is 23.8. The van der Waals surface area contributed by atoms with Crippen LogP contribution in [0.25, 0.3) is 0 Å². The maximum absolute atomic E-state index is 11.7. The third-order valence-electron chi connectivity index (χ3n) is 2.69. The Balaban J connectivity index is 2.92. The molecule has 0 aromatic carbocycles. The van der Waals surface area contributed by atoms with Gasteiger partial charge in [0.05, 0.1) is 4.91 Å². The summed E-state index contributed by atoms with van der Waals surface area (Å²) in [5.41, 5.74) is 9.14. The number of nitrogens with zero attached hydrogens (tertiary/aromatic N) is 2. The molecule has 0 saturated carbocycles. The highest BCUT2D eigenvalue weighted by Crippen LogP contribution is 2.14. The lowest BCUT2D eigenvalue weighted by Crippen LogP contribution is -2.40. The van der Waals surface area contributed by atoms with E-state index in [4.69, 9.17) is 15.2 Å². The molecule has 1 amide bonds. The van der Waals surface area contributed by atoms with Crippen LogP contribution in [0.15, 0.2) is 28.4 Å². The molecule has 1 rings (SSSR count). The van der Waals surface area contributed by atoms with Crippen LogP contribution in [0.3, 0.4) is 0 Å². The van der Waals surface area contributed by atoms with Crippen molar-refractivity contribution in [3.8, 4) is 0 Å². The summed E-state index contributed by atoms with van der Waals surface area (Å²) < 4.78 is 30.7. The predicted molar refractivity (Wildman–Crippen MR) is 69.4 cm³/mol. The fourth-order valence-electron chi connectivity index (χ4n) is 1.63. The molecule has 0 spiro atoms. The highest BCUT2D eigenvalue weighted by Gasteiger charge is 2.44. The molecule has 1 saturated heterocycles. The Kier molecular flexibility index (Phi) is 5.29. The number of carboxylic acids is 1. The first-order valence-corrected chi connectivity index (χ1v) is 7.19. The molecule has 1 aliphatic heterocycles. The van der Waals surface area contributed by atoms with Crippen LogP contribution >= 0.6 is 0 Å². The first-order chi connectivity index (χ1) is 9.72. The Morgan fingerprint density at radius 3 is 2.57 bits per heavy atom. The largest absolute Gasteiger partial charge is 0.480 e. The summed E-state index contributed by atoms with van der Waals surface area (Å²) in [5, 5.41) is 12.6. The molecule has 1 fully saturated rings. The van der Waals surface area contributed by atoms with E-state index < -0.39 is 34.1 Å². The van der Waals surface area contributed by atoms with Crippen LogP contribution in [0.2, 0.25) is 0 Å². The summed E-state index contributed by atoms with van der Waals surface area (Å²) in [7, 11) is -4.32. The van der Waals surface area contributed by atoms with Gasteiger partial charge in [-0.1, -0.05) is 6.92 Å². The summed E-state index contributed by atoms with van der Waals surface area (Å²) in [6.07, 6.45) is 3.37. The first kappa shape index (κ1) is 16.9. The minimum Gasteiger partial charge on any atom is -0.480 e. The van der Waals surface area contributed by atoms with Crippen LogP contribution < -0.4 is 5.43 Å². The Labute approximate surface area is 120 Å². The Hall–Kier alpha value is -2.11. The molecule has 0 radical (unpaired) electrons. The minimum atomic E-state index is -4.32. The highest BCUT2D eigenvalue weighted by atomic mass is 32.2. The molecule has 0 aliphatic carbocycles. The molecular formula is C10H14N4O6S. The number of hydrogen-bond acceptors (Lipinski definition) is 7. The fourth-order valence-corrected chi connectivity index (χ4v) is 2.24. The third kappa shape index (κ3) is 3.93. The van der Waals surface area contributed by atoms with E-state index >= 15 is 0 Å². The van der Waals surface area contributed by atoms with Gasteiger partial charge in [0.1, 0.15) is 0 Å². The molecule has 116 valence electrons. The molecule has 0 bridgehead atoms. The van der Waals surface area contributed by atoms with E-state index in [1.807, 2.05) is 0 Å². The summed E-state index contributed by atoms with van der Waals surface area (Å²) in [5.74, 6) is -2.10. The van der Waals surface area contributed by atoms with E-state index in [1.54, 1.807) is 0 Å². The van der Waals surface area contributed by atoms with E-state index in [-0.39, 0.29) is 11.3 Å². The van der Waals surface area contributed by atoms with Crippen molar-refractivity contribution in [1.29, 1.82) is 5.53 Å². The Morgan fingerprint density at radius 2 is 2.19 bits per heavy atom. The number of allylic oxidation sites excluding steroid dienone is 3. The number of hydrazine groups is 1. The molecule has 2 unspecified atom stereocenters. The van der Waals surface area contributed by atoms with E-state index in [2.05, 4.69) is 10.5 Å². The molecule has 0 aromatic heterocycles. The SMILES string of the molecule is CC/C(=C\C=C\N1NC(C(=O)O)C(N=N)C1=O)S(=O)(=O)O. The Bertz CT molecular complexity index is 611. The van der Waals surface area contributed by atoms with Crippen molar-refractivity contribution in [2.75, 3.05) is 0 Å². The van der Waals surface area contributed by atoms with Gasteiger partial charge in [0.25, 0.3) is 16.0 Å². The van der Waals surface area contributed by atoms with Crippen LogP contribution in [0.5, 0.6) is 0 Å². The molecule has 4 N–H and O–H groups in total. The zero-order chi connectivity index (χ0) is 16.2. The van der Waals surface area contributed by atoms with Crippen LogP contribution in [-0.2, 0) is 19.7 Å². The second-order valence-corrected chi connectivity index (χ2v) is 5.50. The fraction of sp³-hybridized carbons (Fsp3) is 0.400. The number of carboxylic acid groups (broad SMARTS) is 1. The highest BCUT2D eigenvalue weighted by molar-refractivity contribution is 7.89. The molecule has 21 heavy (non-hydrogen) atoms. The maximum atomic E-state index is 11.7. The molecule has 10 nitrogen and oxygen atoms in total. The monoisotopic (exact) mass is 318 g/mol. The number of carbonyl (C=O) groups is 2. The summed E-state index contributed by atoms with van der Waals surface area (Å²) >= 11 is 0. The smallest absolute Gasteiger partial charge is 0.325 e. The van der Waals surface area contributed by atoms with Crippen LogP contribution in [-0.4, -0.2) is 47.0 Å². The maximum Gasteiger partial charge on any atom is 0.325 e. The summed E-state index contributed by atoms with van der Waals surface area (Å²) in [4.78, 5) is 22.4. The Morgan fingerprint density at radius 1 is 1.57 bits per heavy atom. The van der Waals surface area contributed by atoms with Gasteiger partial charge in [-0.05, 0) is 18.6 Å². The average molecular weight is 318 g/mol. The lowest BCUT2D eigenvalue weighted by molar-refractivity contribution is -0.140. The van der Waals surface area contributed by atoms with E-state index in [1.165, 1.54) is 6.92 Å². The van der Waals surface area contributed by atoms with E-state index in [0.717, 1.165) is 23.4 Å². The first-order valence-electron chi connectivity index (χ1n) is 5.75. The van der Waals surface area contributed by atoms with Gasteiger partial charge in [-0.15, -0.1) is 0 Å². The van der Waals surface area contributed by atoms with Crippen molar-refractivity contribution in [3.05, 3.63) is 23.3 Å². The number of hydrogen-bond donors (Lipinski definition) is 4. The topological polar surface area (TPSA) is 160 Å². The quantitative estimate of drug-likeness (QED) is 0.301. The third-order valence-corrected chi connectivity index (χ3v) is 3.77. The van der Waals surface area contributed by atoms with Gasteiger partial charge >= 0.3 is 5.97 Å². The minimum absolute atomic E-state index is 0.0486. The van der Waals surface area contributed by atoms with Crippen molar-refractivity contribution in [2.45, 2.75) is 25.4 Å². The standard InChI is InChI=1S/C10H14N4O6S/c1-2-6(21(18,19)20)4-3-5-14-9(15)7(12-11)8(13-14)10(16)17/h3-5,7-8,11,13H,2H2,1H3,(H,16,17)(H,18,19,20)/b5-3+,6-4+,12-11?. The van der Waals surface area contributed by atoms with Gasteiger partial charge in [0.2, 0.25) is 0 Å². The number of nitrogens with one attached hydrogen (secondary N) is 2. The number of aliphatic carboxylic acids is 1. The zero-order valence-electron chi connectivity index (χ0n) is 10.9. The lowest BCUT2D eigenvalue weighted by Gasteiger charge is -2.09. The van der Waals surface area contributed by atoms with Gasteiger partial charge in [0.15, 0.2) is 12.1 Å². The predicted octanol–water partition coefficient (Wildman–Crippen LogP) is -0.119. The molecule has 2 atom stereocenters. The molecule has 1 heterocycles. The van der Waals surface area contributed by atoms with E-state index in [0.29, 0.717) is 0 Å². The summed E-state index contributed by atoms with van der Waals surface area (Å²) in [6.45, 7) is 1.52. The molecule has 11 heteroatoms. The summed E-state index contributed by atoms with van der Waals surface area (Å²) in [6, 6.07) is -2.75. The number of carbonyl (C=O) groups excluding carboxylic acids is 1. The lowest BCUT2D eigenvalue weighted by atomic mass is 10.1. The molecule has 1 aliphatic rings. The van der Waals surface area contributed by atoms with E-state index in [9.17, 15) is 18.0 Å². The van der Waals surface area contributed by atoms with Crippen molar-refractivity contribution in [3.63, 3.8) is 0 Å². The zero-order valence-corrected chi connectivity index (χ0v) is 11.7. The van der Waals surface area contributed by atoms with Gasteiger partial charge in [-0.2, -0.15) is 13.5 Å². The van der Waals surface area contributed by atoms with Crippen molar-refractivity contribution < 1.29 is 27.7 Å². The second kappa shape index (κ2) is 6.56. The van der Waals surface area contributed by atoms with Crippen LogP contribution in [0.1, 0.15) is 13.3 Å². The van der Waals surface area contributed by atoms with Crippen LogP contribution in [0, 0.1) is 5.53 Å². The van der Waals surface area contributed by atoms with Gasteiger partial charge < -0.3 is 5.11 Å². The van der Waals surface area contributed by atoms with Crippen molar-refractivity contribution >= 4 is 22.0 Å². The van der Waals surface area contributed by atoms with Gasteiger partial charge in [-0.3, -0.25) is 14.1 Å². The average Bonchev–Trinajstić information content (AvgIpc) is 2.70. The molecule has 0 aromatic rings. The van der Waals surface area contributed by atoms with Gasteiger partial charge in [-0.25, -0.2) is 16.0 Å².